The van der Waals surface area contributed by atoms with Crippen molar-refractivity contribution in [1.82, 2.24) is 25.5 Å². The van der Waals surface area contributed by atoms with Gasteiger partial charge in [0.15, 0.2) is 5.82 Å². The summed E-state index contributed by atoms with van der Waals surface area (Å²) < 4.78 is 1.97. The highest BCUT2D eigenvalue weighted by Crippen LogP contribution is 2.43. The Labute approximate surface area is 246 Å². The third-order valence-electron chi connectivity index (χ3n) is 7.72. The normalized spacial score (nSPS) is 12.2. The SMILES string of the molecule is C[C@@H](CO)NCc1ccc(-c2ccccc2-c2nnnn2C(c2ccccc2)(c2ccccc2)c2ccccc2)cc1. The topological polar surface area (TPSA) is 75.9 Å². The third kappa shape index (κ3) is 5.14. The minimum absolute atomic E-state index is 0.0448. The number of hydrogen-bond donors (Lipinski definition) is 2. The van der Waals surface area contributed by atoms with Crippen LogP contribution in [0.3, 0.4) is 0 Å². The van der Waals surface area contributed by atoms with E-state index in [1.165, 1.54) is 0 Å². The fourth-order valence-electron chi connectivity index (χ4n) is 5.57. The summed E-state index contributed by atoms with van der Waals surface area (Å²) in [6.45, 7) is 2.77. The molecule has 0 saturated carbocycles. The van der Waals surface area contributed by atoms with Crippen LogP contribution < -0.4 is 5.32 Å². The molecule has 6 rings (SSSR count). The van der Waals surface area contributed by atoms with Gasteiger partial charge in [-0.25, -0.2) is 4.68 Å². The Morgan fingerprint density at radius 2 is 1.17 bits per heavy atom. The van der Waals surface area contributed by atoms with E-state index in [0.29, 0.717) is 12.4 Å². The van der Waals surface area contributed by atoms with Crippen LogP contribution >= 0.6 is 0 Å². The van der Waals surface area contributed by atoms with Gasteiger partial charge in [-0.05, 0) is 50.7 Å². The van der Waals surface area contributed by atoms with E-state index in [-0.39, 0.29) is 12.6 Å². The van der Waals surface area contributed by atoms with Gasteiger partial charge in [0.2, 0.25) is 0 Å². The predicted molar refractivity (Wildman–Crippen MR) is 167 cm³/mol. The molecule has 0 bridgehead atoms. The lowest BCUT2D eigenvalue weighted by atomic mass is 9.77. The van der Waals surface area contributed by atoms with Gasteiger partial charge >= 0.3 is 0 Å². The first kappa shape index (κ1) is 27.3. The number of nitrogens with one attached hydrogen (secondary N) is 1. The number of tetrazole rings is 1. The van der Waals surface area contributed by atoms with Gasteiger partial charge < -0.3 is 10.4 Å². The van der Waals surface area contributed by atoms with E-state index < -0.39 is 5.54 Å². The average molecular weight is 552 g/mol. The van der Waals surface area contributed by atoms with Crippen molar-refractivity contribution in [2.24, 2.45) is 0 Å². The summed E-state index contributed by atoms with van der Waals surface area (Å²) in [5.74, 6) is 0.671. The molecule has 6 aromatic rings. The highest BCUT2D eigenvalue weighted by Gasteiger charge is 2.42. The molecule has 1 atom stereocenters. The van der Waals surface area contributed by atoms with E-state index in [2.05, 4.69) is 125 Å². The second-order valence-electron chi connectivity index (χ2n) is 10.4. The lowest BCUT2D eigenvalue weighted by Crippen LogP contribution is -2.39. The standard InChI is InChI=1S/C36H33N5O/c1-27(26-42)37-25-28-21-23-29(24-22-28)33-19-11-12-20-34(33)35-38-39-40-41(35)36(30-13-5-2-6-14-30,31-15-7-3-8-16-31)32-17-9-4-10-18-32/h2-24,27,37,42H,25-26H2,1H3/t27-/m0/s1. The monoisotopic (exact) mass is 551 g/mol. The molecule has 0 aliphatic carbocycles. The summed E-state index contributed by atoms with van der Waals surface area (Å²) >= 11 is 0. The summed E-state index contributed by atoms with van der Waals surface area (Å²) in [6.07, 6.45) is 0. The summed E-state index contributed by atoms with van der Waals surface area (Å²) in [7, 11) is 0. The van der Waals surface area contributed by atoms with E-state index in [1.54, 1.807) is 0 Å². The molecule has 0 spiro atoms. The second-order valence-corrected chi connectivity index (χ2v) is 10.4. The molecule has 0 aliphatic heterocycles. The van der Waals surface area contributed by atoms with Gasteiger partial charge in [-0.1, -0.05) is 140 Å². The van der Waals surface area contributed by atoms with Crippen molar-refractivity contribution in [3.05, 3.63) is 162 Å². The Morgan fingerprint density at radius 1 is 0.667 bits per heavy atom. The first-order valence-corrected chi connectivity index (χ1v) is 14.2. The Kier molecular flexibility index (Phi) is 7.99. The molecule has 0 saturated heterocycles. The maximum atomic E-state index is 9.34. The molecule has 208 valence electrons. The molecule has 6 heteroatoms. The fourth-order valence-corrected chi connectivity index (χ4v) is 5.57. The van der Waals surface area contributed by atoms with Crippen LogP contribution in [0.25, 0.3) is 22.5 Å². The van der Waals surface area contributed by atoms with Crippen molar-refractivity contribution in [2.45, 2.75) is 25.0 Å². The third-order valence-corrected chi connectivity index (χ3v) is 7.72. The predicted octanol–water partition coefficient (Wildman–Crippen LogP) is 6.32. The molecule has 6 nitrogen and oxygen atoms in total. The zero-order valence-electron chi connectivity index (χ0n) is 23.5. The number of nitrogens with zero attached hydrogens (tertiary/aromatic N) is 4. The summed E-state index contributed by atoms with van der Waals surface area (Å²) in [5.41, 5.74) is 6.55. The Bertz CT molecular complexity index is 1620. The molecule has 5 aromatic carbocycles. The van der Waals surface area contributed by atoms with Crippen LogP contribution in [0, 0.1) is 0 Å². The van der Waals surface area contributed by atoms with E-state index in [0.717, 1.165) is 38.9 Å². The zero-order chi connectivity index (χ0) is 28.8. The van der Waals surface area contributed by atoms with Crippen LogP contribution in [0.4, 0.5) is 0 Å². The number of aliphatic hydroxyl groups is 1. The zero-order valence-corrected chi connectivity index (χ0v) is 23.5. The van der Waals surface area contributed by atoms with Gasteiger partial charge in [-0.15, -0.1) is 5.10 Å². The molecular weight excluding hydrogens is 518 g/mol. The Balaban J connectivity index is 1.53. The van der Waals surface area contributed by atoms with Gasteiger partial charge in [0, 0.05) is 18.2 Å². The Hall–Kier alpha value is -4.91. The van der Waals surface area contributed by atoms with Gasteiger partial charge in [-0.3, -0.25) is 0 Å². The molecule has 0 radical (unpaired) electrons. The summed E-state index contributed by atoms with van der Waals surface area (Å²) in [6, 6.07) is 48.1. The van der Waals surface area contributed by atoms with Crippen molar-refractivity contribution < 1.29 is 5.11 Å². The van der Waals surface area contributed by atoms with E-state index in [9.17, 15) is 5.11 Å². The molecule has 0 aliphatic rings. The highest BCUT2D eigenvalue weighted by atomic mass is 16.3. The van der Waals surface area contributed by atoms with Crippen LogP contribution in [0.5, 0.6) is 0 Å². The molecule has 1 aromatic heterocycles. The molecule has 42 heavy (non-hydrogen) atoms. The van der Waals surface area contributed by atoms with Crippen LogP contribution in [0.15, 0.2) is 140 Å². The highest BCUT2D eigenvalue weighted by molar-refractivity contribution is 5.81. The first-order chi connectivity index (χ1) is 20.7. The fraction of sp³-hybridized carbons (Fsp3) is 0.139. The summed E-state index contributed by atoms with van der Waals surface area (Å²) in [4.78, 5) is 0. The average Bonchev–Trinajstić information content (AvgIpc) is 3.56. The second kappa shape index (κ2) is 12.3. The molecule has 0 unspecified atom stereocenters. The molecule has 1 heterocycles. The Morgan fingerprint density at radius 3 is 1.69 bits per heavy atom. The maximum absolute atomic E-state index is 9.34. The van der Waals surface area contributed by atoms with Gasteiger partial charge in [0.1, 0.15) is 5.54 Å². The van der Waals surface area contributed by atoms with Crippen molar-refractivity contribution in [3.63, 3.8) is 0 Å². The van der Waals surface area contributed by atoms with Crippen LogP contribution in [0.1, 0.15) is 29.2 Å². The maximum Gasteiger partial charge on any atom is 0.184 e. The largest absolute Gasteiger partial charge is 0.395 e. The van der Waals surface area contributed by atoms with Crippen molar-refractivity contribution in [1.29, 1.82) is 0 Å². The van der Waals surface area contributed by atoms with Gasteiger partial charge in [-0.2, -0.15) is 0 Å². The number of benzene rings is 5. The van der Waals surface area contributed by atoms with Crippen molar-refractivity contribution in [3.8, 4) is 22.5 Å². The lowest BCUT2D eigenvalue weighted by molar-refractivity contribution is 0.251. The van der Waals surface area contributed by atoms with Gasteiger partial charge in [0.05, 0.1) is 6.61 Å². The lowest BCUT2D eigenvalue weighted by Gasteiger charge is -2.36. The molecule has 0 fully saturated rings. The number of aromatic nitrogens is 4. The van der Waals surface area contributed by atoms with Crippen LogP contribution in [0.2, 0.25) is 0 Å². The van der Waals surface area contributed by atoms with E-state index >= 15 is 0 Å². The molecule has 2 N–H and O–H groups in total. The number of aliphatic hydroxyl groups excluding tert-OH is 1. The summed E-state index contributed by atoms with van der Waals surface area (Å²) in [5, 5.41) is 26.3. The minimum Gasteiger partial charge on any atom is -0.395 e. The van der Waals surface area contributed by atoms with Crippen molar-refractivity contribution in [2.75, 3.05) is 6.61 Å². The first-order valence-electron chi connectivity index (χ1n) is 14.2. The quantitative estimate of drug-likeness (QED) is 0.195. The smallest absolute Gasteiger partial charge is 0.184 e. The van der Waals surface area contributed by atoms with Crippen LogP contribution in [-0.2, 0) is 12.1 Å². The number of rotatable bonds is 10. The molecule has 0 amide bonds. The van der Waals surface area contributed by atoms with Crippen molar-refractivity contribution >= 4 is 0 Å². The molecular formula is C36H33N5O. The van der Waals surface area contributed by atoms with E-state index in [1.807, 2.05) is 41.9 Å². The van der Waals surface area contributed by atoms with Gasteiger partial charge in [0.25, 0.3) is 0 Å². The number of hydrogen-bond acceptors (Lipinski definition) is 5. The van der Waals surface area contributed by atoms with Crippen LogP contribution in [-0.4, -0.2) is 38.0 Å². The van der Waals surface area contributed by atoms with E-state index in [4.69, 9.17) is 5.21 Å². The minimum atomic E-state index is -0.825.